The summed E-state index contributed by atoms with van der Waals surface area (Å²) in [7, 11) is 0. The minimum absolute atomic E-state index is 0.123. The third-order valence-corrected chi connectivity index (χ3v) is 4.17. The van der Waals surface area contributed by atoms with Gasteiger partial charge < -0.3 is 5.32 Å². The van der Waals surface area contributed by atoms with Gasteiger partial charge in [0, 0.05) is 5.92 Å². The molecule has 6 heteroatoms. The highest BCUT2D eigenvalue weighted by Gasteiger charge is 2.44. The quantitative estimate of drug-likeness (QED) is 0.794. The summed E-state index contributed by atoms with van der Waals surface area (Å²) in [5.41, 5.74) is 0.919. The minimum Gasteiger partial charge on any atom is -0.323 e. The van der Waals surface area contributed by atoms with Crippen LogP contribution in [0, 0.1) is 18.7 Å². The van der Waals surface area contributed by atoms with Gasteiger partial charge >= 0.3 is 6.18 Å². The molecule has 0 aliphatic heterocycles. The molecule has 2 atom stereocenters. The Morgan fingerprint density at radius 2 is 1.79 bits per heavy atom. The number of anilines is 1. The van der Waals surface area contributed by atoms with Crippen molar-refractivity contribution < 1.29 is 22.4 Å². The Labute approximate surface area is 136 Å². The average Bonchev–Trinajstić information content (AvgIpc) is 3.31. The molecule has 0 saturated heterocycles. The molecule has 0 spiro atoms. The van der Waals surface area contributed by atoms with E-state index in [0.717, 1.165) is 17.7 Å². The first-order valence-electron chi connectivity index (χ1n) is 7.50. The van der Waals surface area contributed by atoms with Gasteiger partial charge in [-0.1, -0.05) is 18.2 Å². The molecule has 2 aromatic rings. The minimum atomic E-state index is -4.37. The summed E-state index contributed by atoms with van der Waals surface area (Å²) < 4.78 is 51.3. The summed E-state index contributed by atoms with van der Waals surface area (Å²) >= 11 is 0. The van der Waals surface area contributed by atoms with Gasteiger partial charge in [0.15, 0.2) is 0 Å². The summed E-state index contributed by atoms with van der Waals surface area (Å²) in [6.07, 6.45) is -3.83. The molecular formula is C18H15F4NO. The zero-order valence-corrected chi connectivity index (χ0v) is 12.8. The van der Waals surface area contributed by atoms with Crippen molar-refractivity contribution in [1.82, 2.24) is 0 Å². The monoisotopic (exact) mass is 337 g/mol. The van der Waals surface area contributed by atoms with Gasteiger partial charge in [-0.05, 0) is 54.7 Å². The van der Waals surface area contributed by atoms with Gasteiger partial charge in [-0.25, -0.2) is 4.39 Å². The second-order valence-electron chi connectivity index (χ2n) is 6.04. The van der Waals surface area contributed by atoms with Gasteiger partial charge in [0.05, 0.1) is 11.3 Å². The van der Waals surface area contributed by atoms with Crippen molar-refractivity contribution in [3.8, 4) is 0 Å². The molecule has 0 radical (unpaired) electrons. The first kappa shape index (κ1) is 16.5. The summed E-state index contributed by atoms with van der Waals surface area (Å²) in [5.74, 6) is -1.30. The Morgan fingerprint density at radius 1 is 1.12 bits per heavy atom. The number of hydrogen-bond acceptors (Lipinski definition) is 1. The summed E-state index contributed by atoms with van der Waals surface area (Å²) in [6.45, 7) is 1.79. The van der Waals surface area contributed by atoms with Crippen LogP contribution in [0.4, 0.5) is 23.2 Å². The molecular weight excluding hydrogens is 322 g/mol. The lowest BCUT2D eigenvalue weighted by atomic mass is 10.1. The topological polar surface area (TPSA) is 29.1 Å². The third-order valence-electron chi connectivity index (χ3n) is 4.17. The normalized spacial score (nSPS) is 19.9. The smallest absolute Gasteiger partial charge is 0.323 e. The highest BCUT2D eigenvalue weighted by atomic mass is 19.4. The average molecular weight is 337 g/mol. The molecule has 1 aliphatic carbocycles. The van der Waals surface area contributed by atoms with Gasteiger partial charge in [0.1, 0.15) is 5.82 Å². The van der Waals surface area contributed by atoms with Crippen LogP contribution in [0.3, 0.4) is 0 Å². The second-order valence-corrected chi connectivity index (χ2v) is 6.04. The number of amides is 1. The number of aryl methyl sites for hydroxylation is 1. The van der Waals surface area contributed by atoms with Crippen molar-refractivity contribution >= 4 is 11.6 Å². The molecule has 1 amide bonds. The fourth-order valence-corrected chi connectivity index (χ4v) is 2.73. The van der Waals surface area contributed by atoms with E-state index in [1.807, 2.05) is 0 Å². The Balaban J connectivity index is 1.66. The number of carbonyl (C=O) groups excluding carboxylic acids is 1. The van der Waals surface area contributed by atoms with E-state index in [4.69, 9.17) is 0 Å². The number of carbonyl (C=O) groups is 1. The van der Waals surface area contributed by atoms with E-state index in [0.29, 0.717) is 12.0 Å². The first-order valence-corrected chi connectivity index (χ1v) is 7.50. The Hall–Kier alpha value is -2.37. The maximum atomic E-state index is 13.7. The molecule has 2 nitrogen and oxygen atoms in total. The van der Waals surface area contributed by atoms with E-state index >= 15 is 0 Å². The number of benzene rings is 2. The molecule has 1 N–H and O–H groups in total. The van der Waals surface area contributed by atoms with Crippen molar-refractivity contribution in [2.45, 2.75) is 25.4 Å². The number of nitrogens with one attached hydrogen (secondary N) is 1. The number of hydrogen-bond donors (Lipinski definition) is 1. The predicted octanol–water partition coefficient (Wildman–Crippen LogP) is 4.90. The van der Waals surface area contributed by atoms with E-state index in [-0.39, 0.29) is 23.4 Å². The lowest BCUT2D eigenvalue weighted by molar-refractivity contribution is -0.137. The maximum absolute atomic E-state index is 13.7. The zero-order chi connectivity index (χ0) is 17.5. The lowest BCUT2D eigenvalue weighted by Gasteiger charge is -2.08. The van der Waals surface area contributed by atoms with Crippen LogP contribution in [-0.2, 0) is 11.0 Å². The lowest BCUT2D eigenvalue weighted by Crippen LogP contribution is -2.15. The Morgan fingerprint density at radius 3 is 2.42 bits per heavy atom. The zero-order valence-electron chi connectivity index (χ0n) is 12.8. The van der Waals surface area contributed by atoms with E-state index < -0.39 is 17.6 Å². The molecule has 0 bridgehead atoms. The molecule has 1 aliphatic rings. The van der Waals surface area contributed by atoms with Gasteiger partial charge in [-0.3, -0.25) is 4.79 Å². The molecule has 2 aromatic carbocycles. The standard InChI is InChI=1S/C18H15F4NO/c1-10-2-7-15(19)16(8-10)23-17(24)14-9-13(14)11-3-5-12(6-4-11)18(20,21)22/h2-8,13-14H,9H2,1H3,(H,23,24). The summed E-state index contributed by atoms with van der Waals surface area (Å²) in [6, 6.07) is 9.26. The fraction of sp³-hybridized carbons (Fsp3) is 0.278. The maximum Gasteiger partial charge on any atom is 0.416 e. The van der Waals surface area contributed by atoms with Crippen molar-refractivity contribution in [2.75, 3.05) is 5.32 Å². The van der Waals surface area contributed by atoms with Crippen molar-refractivity contribution in [1.29, 1.82) is 0 Å². The van der Waals surface area contributed by atoms with Crippen LogP contribution in [0.1, 0.15) is 29.0 Å². The van der Waals surface area contributed by atoms with Crippen LogP contribution in [0.25, 0.3) is 0 Å². The molecule has 0 heterocycles. The SMILES string of the molecule is Cc1ccc(F)c(NC(=O)C2CC2c2ccc(C(F)(F)F)cc2)c1. The fourth-order valence-electron chi connectivity index (χ4n) is 2.73. The van der Waals surface area contributed by atoms with E-state index in [1.54, 1.807) is 19.1 Å². The predicted molar refractivity (Wildman–Crippen MR) is 82.1 cm³/mol. The highest BCUT2D eigenvalue weighted by molar-refractivity contribution is 5.95. The number of rotatable bonds is 3. The van der Waals surface area contributed by atoms with Crippen LogP contribution in [0.5, 0.6) is 0 Å². The highest BCUT2D eigenvalue weighted by Crippen LogP contribution is 2.48. The van der Waals surface area contributed by atoms with Gasteiger partial charge in [0.25, 0.3) is 0 Å². The number of halogens is 4. The first-order chi connectivity index (χ1) is 11.3. The second kappa shape index (κ2) is 5.92. The van der Waals surface area contributed by atoms with E-state index in [2.05, 4.69) is 5.32 Å². The van der Waals surface area contributed by atoms with E-state index in [9.17, 15) is 22.4 Å². The van der Waals surface area contributed by atoms with Crippen LogP contribution in [0.15, 0.2) is 42.5 Å². The van der Waals surface area contributed by atoms with E-state index in [1.165, 1.54) is 18.2 Å². The third kappa shape index (κ3) is 3.42. The summed E-state index contributed by atoms with van der Waals surface area (Å²) in [4.78, 5) is 12.2. The molecule has 2 unspecified atom stereocenters. The van der Waals surface area contributed by atoms with Crippen molar-refractivity contribution in [2.24, 2.45) is 5.92 Å². The van der Waals surface area contributed by atoms with Crippen LogP contribution in [0.2, 0.25) is 0 Å². The number of alkyl halides is 3. The van der Waals surface area contributed by atoms with Crippen molar-refractivity contribution in [3.05, 3.63) is 65.0 Å². The summed E-state index contributed by atoms with van der Waals surface area (Å²) in [5, 5.41) is 2.55. The van der Waals surface area contributed by atoms with Gasteiger partial charge in [0.2, 0.25) is 5.91 Å². The van der Waals surface area contributed by atoms with Crippen molar-refractivity contribution in [3.63, 3.8) is 0 Å². The van der Waals surface area contributed by atoms with Crippen LogP contribution in [-0.4, -0.2) is 5.91 Å². The van der Waals surface area contributed by atoms with Crippen LogP contribution < -0.4 is 5.32 Å². The Bertz CT molecular complexity index is 768. The molecule has 3 rings (SSSR count). The molecule has 24 heavy (non-hydrogen) atoms. The molecule has 1 fully saturated rings. The molecule has 126 valence electrons. The molecule has 1 saturated carbocycles. The van der Waals surface area contributed by atoms with Crippen LogP contribution >= 0.6 is 0 Å². The van der Waals surface area contributed by atoms with Gasteiger partial charge in [-0.2, -0.15) is 13.2 Å². The Kier molecular flexibility index (Phi) is 4.07. The largest absolute Gasteiger partial charge is 0.416 e. The van der Waals surface area contributed by atoms with Gasteiger partial charge in [-0.15, -0.1) is 0 Å². The molecule has 0 aromatic heterocycles.